The van der Waals surface area contributed by atoms with E-state index in [2.05, 4.69) is 0 Å². The zero-order valence-corrected chi connectivity index (χ0v) is 17.2. The van der Waals surface area contributed by atoms with Crippen LogP contribution in [-0.2, 0) is 6.54 Å². The smallest absolute Gasteiger partial charge is 0.254 e. The largest absolute Gasteiger partial charge is 0.497 e. The van der Waals surface area contributed by atoms with Gasteiger partial charge in [0.2, 0.25) is 0 Å². The first-order valence-corrected chi connectivity index (χ1v) is 9.33. The van der Waals surface area contributed by atoms with Crippen LogP contribution < -0.4 is 18.9 Å². The number of methoxy groups -OCH3 is 4. The normalized spacial score (nSPS) is 13.0. The Balaban J connectivity index is 1.94. The van der Waals surface area contributed by atoms with Gasteiger partial charge in [0.25, 0.3) is 5.91 Å². The molecule has 0 aromatic heterocycles. The number of ether oxygens (including phenoxy) is 4. The molecule has 0 atom stereocenters. The van der Waals surface area contributed by atoms with Crippen LogP contribution in [0.3, 0.4) is 0 Å². The number of rotatable bonds is 8. The number of hydrogen-bond acceptors (Lipinski definition) is 5. The Morgan fingerprint density at radius 3 is 2.29 bits per heavy atom. The maximum absolute atomic E-state index is 13.3. The Kier molecular flexibility index (Phi) is 6.19. The minimum Gasteiger partial charge on any atom is -0.497 e. The average molecular weight is 406 g/mol. The van der Waals surface area contributed by atoms with Crippen molar-refractivity contribution in [1.82, 2.24) is 4.90 Å². The van der Waals surface area contributed by atoms with E-state index < -0.39 is 0 Å². The molecular formula is C21H24ClNO5. The summed E-state index contributed by atoms with van der Waals surface area (Å²) in [7, 11) is 6.25. The zero-order chi connectivity index (χ0) is 20.3. The summed E-state index contributed by atoms with van der Waals surface area (Å²) < 4.78 is 21.4. The predicted molar refractivity (Wildman–Crippen MR) is 107 cm³/mol. The number of amides is 1. The number of nitrogens with zero attached hydrogens (tertiary/aromatic N) is 1. The monoisotopic (exact) mass is 405 g/mol. The minimum atomic E-state index is -0.116. The quantitative estimate of drug-likeness (QED) is 0.659. The first-order valence-electron chi connectivity index (χ1n) is 8.95. The molecule has 0 spiro atoms. The van der Waals surface area contributed by atoms with Gasteiger partial charge >= 0.3 is 0 Å². The summed E-state index contributed by atoms with van der Waals surface area (Å²) >= 11 is 6.29. The molecule has 28 heavy (non-hydrogen) atoms. The number of benzene rings is 2. The van der Waals surface area contributed by atoms with Gasteiger partial charge in [-0.15, -0.1) is 0 Å². The van der Waals surface area contributed by atoms with Crippen molar-refractivity contribution in [1.29, 1.82) is 0 Å². The summed E-state index contributed by atoms with van der Waals surface area (Å²) in [6.45, 7) is 0.413. The first-order chi connectivity index (χ1) is 13.5. The van der Waals surface area contributed by atoms with Crippen LogP contribution in [0.15, 0.2) is 30.3 Å². The highest BCUT2D eigenvalue weighted by Gasteiger charge is 2.34. The third-order valence-electron chi connectivity index (χ3n) is 4.76. The molecule has 2 aromatic rings. The minimum absolute atomic E-state index is 0.116. The van der Waals surface area contributed by atoms with Gasteiger partial charge in [0.05, 0.1) is 40.0 Å². The van der Waals surface area contributed by atoms with E-state index in [4.69, 9.17) is 30.5 Å². The summed E-state index contributed by atoms with van der Waals surface area (Å²) in [6, 6.07) is 9.03. The lowest BCUT2D eigenvalue weighted by Gasteiger charge is -2.24. The Labute approximate surface area is 169 Å². The molecule has 1 saturated carbocycles. The molecular weight excluding hydrogens is 382 g/mol. The highest BCUT2D eigenvalue weighted by Crippen LogP contribution is 2.38. The molecule has 0 radical (unpaired) electrons. The van der Waals surface area contributed by atoms with E-state index in [0.717, 1.165) is 18.4 Å². The van der Waals surface area contributed by atoms with E-state index in [1.165, 1.54) is 14.2 Å². The number of carbonyl (C=O) groups excluding carboxylic acids is 1. The maximum Gasteiger partial charge on any atom is 0.254 e. The van der Waals surface area contributed by atoms with Crippen LogP contribution in [0.25, 0.3) is 0 Å². The Hall–Kier alpha value is -2.60. The van der Waals surface area contributed by atoms with Crippen LogP contribution in [0.5, 0.6) is 23.0 Å². The van der Waals surface area contributed by atoms with Gasteiger partial charge in [0, 0.05) is 17.2 Å². The van der Waals surface area contributed by atoms with Gasteiger partial charge in [-0.25, -0.2) is 0 Å². The summed E-state index contributed by atoms with van der Waals surface area (Å²) in [5.74, 6) is 2.15. The van der Waals surface area contributed by atoms with Crippen LogP contribution in [0.2, 0.25) is 5.02 Å². The van der Waals surface area contributed by atoms with Crippen LogP contribution in [0, 0.1) is 0 Å². The fourth-order valence-corrected chi connectivity index (χ4v) is 3.44. The summed E-state index contributed by atoms with van der Waals surface area (Å²) in [5.41, 5.74) is 1.34. The molecule has 0 bridgehead atoms. The molecule has 150 valence electrons. The first kappa shape index (κ1) is 20.1. The lowest BCUT2D eigenvalue weighted by molar-refractivity contribution is 0.0728. The van der Waals surface area contributed by atoms with E-state index >= 15 is 0 Å². The molecule has 3 rings (SSSR count). The van der Waals surface area contributed by atoms with Gasteiger partial charge in [-0.1, -0.05) is 11.6 Å². The fourth-order valence-electron chi connectivity index (χ4n) is 3.15. The van der Waals surface area contributed by atoms with Crippen molar-refractivity contribution in [3.63, 3.8) is 0 Å². The van der Waals surface area contributed by atoms with Crippen molar-refractivity contribution in [2.24, 2.45) is 0 Å². The van der Waals surface area contributed by atoms with E-state index in [0.29, 0.717) is 40.1 Å². The third kappa shape index (κ3) is 4.12. The summed E-state index contributed by atoms with van der Waals surface area (Å²) in [6.07, 6.45) is 1.94. The number of hydrogen-bond donors (Lipinski definition) is 0. The predicted octanol–water partition coefficient (Wildman–Crippen LogP) is 4.18. The van der Waals surface area contributed by atoms with Gasteiger partial charge in [-0.05, 0) is 43.2 Å². The molecule has 0 N–H and O–H groups in total. The molecule has 1 aliphatic carbocycles. The van der Waals surface area contributed by atoms with Gasteiger partial charge in [0.1, 0.15) is 11.5 Å². The van der Waals surface area contributed by atoms with Gasteiger partial charge in [0.15, 0.2) is 11.5 Å². The lowest BCUT2D eigenvalue weighted by Crippen LogP contribution is -2.32. The lowest BCUT2D eigenvalue weighted by atomic mass is 10.1. The van der Waals surface area contributed by atoms with Crippen molar-refractivity contribution in [3.8, 4) is 23.0 Å². The van der Waals surface area contributed by atoms with Gasteiger partial charge in [-0.3, -0.25) is 4.79 Å². The maximum atomic E-state index is 13.3. The van der Waals surface area contributed by atoms with Crippen molar-refractivity contribution < 1.29 is 23.7 Å². The number of halogens is 1. The van der Waals surface area contributed by atoms with Gasteiger partial charge < -0.3 is 23.8 Å². The topological polar surface area (TPSA) is 57.2 Å². The molecule has 1 amide bonds. The Morgan fingerprint density at radius 1 is 1.00 bits per heavy atom. The number of carbonyl (C=O) groups is 1. The van der Waals surface area contributed by atoms with Gasteiger partial charge in [-0.2, -0.15) is 0 Å². The summed E-state index contributed by atoms with van der Waals surface area (Å²) in [4.78, 5) is 15.1. The SMILES string of the molecule is COc1ccc(OC)c(CN(C(=O)c2cc(Cl)c(OC)c(OC)c2)C2CC2)c1. The molecule has 0 unspecified atom stereocenters. The molecule has 1 fully saturated rings. The van der Waals surface area contributed by atoms with Crippen LogP contribution in [-0.4, -0.2) is 45.3 Å². The Morgan fingerprint density at radius 2 is 1.71 bits per heavy atom. The second-order valence-corrected chi connectivity index (χ2v) is 6.94. The van der Waals surface area contributed by atoms with Crippen LogP contribution in [0.1, 0.15) is 28.8 Å². The van der Waals surface area contributed by atoms with Crippen LogP contribution in [0.4, 0.5) is 0 Å². The second-order valence-electron chi connectivity index (χ2n) is 6.54. The van der Waals surface area contributed by atoms with Crippen molar-refractivity contribution in [2.75, 3.05) is 28.4 Å². The molecule has 7 heteroatoms. The molecule has 6 nitrogen and oxygen atoms in total. The third-order valence-corrected chi connectivity index (χ3v) is 5.04. The second kappa shape index (κ2) is 8.61. The van der Waals surface area contributed by atoms with Crippen molar-refractivity contribution in [2.45, 2.75) is 25.4 Å². The highest BCUT2D eigenvalue weighted by molar-refractivity contribution is 6.32. The Bertz CT molecular complexity index is 866. The molecule has 0 aliphatic heterocycles. The molecule has 0 heterocycles. The molecule has 0 saturated heterocycles. The summed E-state index contributed by atoms with van der Waals surface area (Å²) in [5, 5.41) is 0.333. The standard InChI is InChI=1S/C21H24ClNO5/c1-25-16-7-8-18(26-2)14(9-16)12-23(15-5-6-15)21(24)13-10-17(22)20(28-4)19(11-13)27-3/h7-11,15H,5-6,12H2,1-4H3. The van der Waals surface area contributed by atoms with E-state index in [1.807, 2.05) is 23.1 Å². The highest BCUT2D eigenvalue weighted by atomic mass is 35.5. The van der Waals surface area contributed by atoms with E-state index in [9.17, 15) is 4.79 Å². The van der Waals surface area contributed by atoms with E-state index in [-0.39, 0.29) is 11.9 Å². The molecule has 1 aliphatic rings. The average Bonchev–Trinajstić information content (AvgIpc) is 3.55. The molecule has 2 aromatic carbocycles. The van der Waals surface area contributed by atoms with Crippen molar-refractivity contribution in [3.05, 3.63) is 46.5 Å². The fraction of sp³-hybridized carbons (Fsp3) is 0.381. The van der Waals surface area contributed by atoms with Crippen LogP contribution >= 0.6 is 11.6 Å². The van der Waals surface area contributed by atoms with E-state index in [1.54, 1.807) is 26.4 Å². The zero-order valence-electron chi connectivity index (χ0n) is 16.5. The van der Waals surface area contributed by atoms with Crippen molar-refractivity contribution >= 4 is 17.5 Å².